The lowest BCUT2D eigenvalue weighted by atomic mass is 10.0. The Morgan fingerprint density at radius 2 is 2.24 bits per heavy atom. The molecule has 0 saturated carbocycles. The molecule has 2 aromatic rings. The highest BCUT2D eigenvalue weighted by atomic mass is 19.1. The summed E-state index contributed by atoms with van der Waals surface area (Å²) in [6, 6.07) is 3.80. The van der Waals surface area contributed by atoms with Crippen LogP contribution in [0.15, 0.2) is 18.3 Å². The number of ether oxygens (including phenoxy) is 2. The highest BCUT2D eigenvalue weighted by Crippen LogP contribution is 2.30. The maximum absolute atomic E-state index is 15.0. The van der Waals surface area contributed by atoms with Gasteiger partial charge in [-0.25, -0.2) is 9.37 Å². The molecule has 1 amide bonds. The van der Waals surface area contributed by atoms with Gasteiger partial charge in [0.05, 0.1) is 49.5 Å². The van der Waals surface area contributed by atoms with Crippen molar-refractivity contribution < 1.29 is 18.7 Å². The Hall–Kier alpha value is -2.74. The minimum absolute atomic E-state index is 0.0856. The maximum Gasteiger partial charge on any atom is 0.253 e. The van der Waals surface area contributed by atoms with E-state index in [1.807, 2.05) is 24.0 Å². The molecule has 7 nitrogen and oxygen atoms in total. The molecule has 1 N–H and O–H groups in total. The lowest BCUT2D eigenvalue weighted by Gasteiger charge is -2.36. The number of anilines is 1. The highest BCUT2D eigenvalue weighted by molar-refractivity contribution is 5.98. The molecule has 2 aromatic heterocycles. The number of hydrogen-bond donors (Lipinski definition) is 1. The van der Waals surface area contributed by atoms with Crippen LogP contribution >= 0.6 is 0 Å². The number of halogens is 1. The number of nitrogens with one attached hydrogen (secondary N) is 1. The second-order valence-electron chi connectivity index (χ2n) is 7.68. The molecule has 1 fully saturated rings. The van der Waals surface area contributed by atoms with Gasteiger partial charge in [0.1, 0.15) is 17.7 Å². The number of piperidine rings is 1. The number of amides is 1. The third-order valence-corrected chi connectivity index (χ3v) is 5.80. The van der Waals surface area contributed by atoms with Gasteiger partial charge in [-0.3, -0.25) is 9.78 Å². The van der Waals surface area contributed by atoms with Crippen molar-refractivity contribution in [3.8, 4) is 5.75 Å². The minimum Gasteiger partial charge on any atom is -0.486 e. The normalized spacial score (nSPS) is 23.0. The van der Waals surface area contributed by atoms with E-state index in [1.54, 1.807) is 6.20 Å². The Labute approximate surface area is 168 Å². The molecule has 3 aliphatic rings. The monoisotopic (exact) mass is 398 g/mol. The smallest absolute Gasteiger partial charge is 0.253 e. The first kappa shape index (κ1) is 18.3. The largest absolute Gasteiger partial charge is 0.486 e. The van der Waals surface area contributed by atoms with E-state index < -0.39 is 12.3 Å². The second-order valence-corrected chi connectivity index (χ2v) is 7.68. The molecule has 0 unspecified atom stereocenters. The first-order valence-corrected chi connectivity index (χ1v) is 10.0. The molecule has 8 heteroatoms. The van der Waals surface area contributed by atoms with Gasteiger partial charge in [-0.1, -0.05) is 6.92 Å². The van der Waals surface area contributed by atoms with E-state index in [2.05, 4.69) is 10.3 Å². The molecule has 0 aliphatic carbocycles. The van der Waals surface area contributed by atoms with Crippen LogP contribution in [0.2, 0.25) is 0 Å². The first-order valence-electron chi connectivity index (χ1n) is 10.0. The summed E-state index contributed by atoms with van der Waals surface area (Å²) in [4.78, 5) is 22.9. The first-order chi connectivity index (χ1) is 14.1. The molecule has 0 aromatic carbocycles. The van der Waals surface area contributed by atoms with Crippen LogP contribution in [0, 0.1) is 0 Å². The number of pyridine rings is 2. The van der Waals surface area contributed by atoms with Gasteiger partial charge in [-0.05, 0) is 24.1 Å². The lowest BCUT2D eigenvalue weighted by Crippen LogP contribution is -2.47. The highest BCUT2D eigenvalue weighted by Gasteiger charge is 2.33. The molecule has 5 rings (SSSR count). The fourth-order valence-electron chi connectivity index (χ4n) is 4.18. The Balaban J connectivity index is 1.31. The van der Waals surface area contributed by atoms with Crippen LogP contribution in [-0.2, 0) is 30.9 Å². The summed E-state index contributed by atoms with van der Waals surface area (Å²) in [5, 5.41) is 2.80. The van der Waals surface area contributed by atoms with Gasteiger partial charge < -0.3 is 19.7 Å². The van der Waals surface area contributed by atoms with Crippen molar-refractivity contribution in [3.63, 3.8) is 0 Å². The van der Waals surface area contributed by atoms with Gasteiger partial charge in [0.2, 0.25) is 0 Å². The van der Waals surface area contributed by atoms with Crippen LogP contribution in [0.3, 0.4) is 0 Å². The summed E-state index contributed by atoms with van der Waals surface area (Å²) in [5.74, 6) is 1.28. The standard InChI is InChI=1S/C21H23FN4O3/c1-2-12-6-15-17(8-24-21(15)27)25-20(12)26-4-3-19(16(22)9-26)29-14-5-13-10-28-11-18(13)23-7-14/h5-7,16,19H,2-4,8-11H2,1H3,(H,24,27)/t16-,19-/m1/s1. The molecule has 152 valence electrons. The van der Waals surface area contributed by atoms with E-state index in [1.165, 1.54) is 0 Å². The predicted molar refractivity (Wildman–Crippen MR) is 104 cm³/mol. The number of carbonyl (C=O) groups is 1. The minimum atomic E-state index is -1.15. The Kier molecular flexibility index (Phi) is 4.58. The fraction of sp³-hybridized carbons (Fsp3) is 0.476. The van der Waals surface area contributed by atoms with Crippen LogP contribution < -0.4 is 15.0 Å². The van der Waals surface area contributed by atoms with Crippen molar-refractivity contribution in [2.45, 2.75) is 51.8 Å². The molecule has 29 heavy (non-hydrogen) atoms. The van der Waals surface area contributed by atoms with Crippen LogP contribution in [0.4, 0.5) is 10.2 Å². The van der Waals surface area contributed by atoms with Gasteiger partial charge in [-0.15, -0.1) is 0 Å². The summed E-state index contributed by atoms with van der Waals surface area (Å²) < 4.78 is 26.3. The number of fused-ring (bicyclic) bond motifs is 2. The van der Waals surface area contributed by atoms with E-state index in [9.17, 15) is 4.79 Å². The molecular formula is C21H23FN4O3. The summed E-state index contributed by atoms with van der Waals surface area (Å²) in [7, 11) is 0. The average molecular weight is 398 g/mol. The molecule has 2 atom stereocenters. The molecule has 0 spiro atoms. The van der Waals surface area contributed by atoms with E-state index in [0.29, 0.717) is 44.0 Å². The van der Waals surface area contributed by atoms with Gasteiger partial charge in [-0.2, -0.15) is 0 Å². The maximum atomic E-state index is 15.0. The van der Waals surface area contributed by atoms with Crippen molar-refractivity contribution in [2.75, 3.05) is 18.0 Å². The molecule has 3 aliphatic heterocycles. The quantitative estimate of drug-likeness (QED) is 0.852. The van der Waals surface area contributed by atoms with Crippen LogP contribution in [-0.4, -0.2) is 41.2 Å². The Bertz CT molecular complexity index is 967. The topological polar surface area (TPSA) is 76.6 Å². The van der Waals surface area contributed by atoms with E-state index in [4.69, 9.17) is 14.5 Å². The zero-order valence-electron chi connectivity index (χ0n) is 16.3. The van der Waals surface area contributed by atoms with Crippen molar-refractivity contribution in [1.29, 1.82) is 0 Å². The summed E-state index contributed by atoms with van der Waals surface area (Å²) in [6.45, 7) is 4.36. The fourth-order valence-corrected chi connectivity index (χ4v) is 4.18. The average Bonchev–Trinajstić information content (AvgIpc) is 3.34. The van der Waals surface area contributed by atoms with Crippen LogP contribution in [0.1, 0.15) is 46.2 Å². The third kappa shape index (κ3) is 3.31. The Morgan fingerprint density at radius 3 is 3.07 bits per heavy atom. The van der Waals surface area contributed by atoms with Gasteiger partial charge in [0.25, 0.3) is 5.91 Å². The summed E-state index contributed by atoms with van der Waals surface area (Å²) in [6.07, 6.45) is 1.27. The number of hydrogen-bond acceptors (Lipinski definition) is 6. The zero-order valence-corrected chi connectivity index (χ0v) is 16.3. The van der Waals surface area contributed by atoms with Crippen LogP contribution in [0.5, 0.6) is 5.75 Å². The number of rotatable bonds is 4. The molecule has 0 radical (unpaired) electrons. The summed E-state index contributed by atoms with van der Waals surface area (Å²) in [5.41, 5.74) is 4.27. The summed E-state index contributed by atoms with van der Waals surface area (Å²) >= 11 is 0. The number of carbonyl (C=O) groups excluding carboxylic acids is 1. The number of aromatic nitrogens is 2. The van der Waals surface area contributed by atoms with Gasteiger partial charge >= 0.3 is 0 Å². The van der Waals surface area contributed by atoms with E-state index in [0.717, 1.165) is 34.8 Å². The molecule has 1 saturated heterocycles. The van der Waals surface area contributed by atoms with Gasteiger partial charge in [0, 0.05) is 18.5 Å². The molecule has 0 bridgehead atoms. The third-order valence-electron chi connectivity index (χ3n) is 5.80. The SMILES string of the molecule is CCc1cc2c(nc1N1CC[C@@H](Oc3cnc4c(c3)COC4)[C@H](F)C1)CNC2=O. The van der Waals surface area contributed by atoms with Crippen molar-refractivity contribution in [3.05, 3.63) is 46.4 Å². The van der Waals surface area contributed by atoms with E-state index in [-0.39, 0.29) is 12.5 Å². The zero-order chi connectivity index (χ0) is 20.0. The van der Waals surface area contributed by atoms with Crippen LogP contribution in [0.25, 0.3) is 0 Å². The van der Waals surface area contributed by atoms with E-state index >= 15 is 4.39 Å². The van der Waals surface area contributed by atoms with Crippen molar-refractivity contribution >= 4 is 11.7 Å². The number of aryl methyl sites for hydroxylation is 1. The van der Waals surface area contributed by atoms with Crippen molar-refractivity contribution in [1.82, 2.24) is 15.3 Å². The molecule has 5 heterocycles. The number of alkyl halides is 1. The predicted octanol–water partition coefficient (Wildman–Crippen LogP) is 2.31. The number of nitrogens with zero attached hydrogens (tertiary/aromatic N) is 3. The Morgan fingerprint density at radius 1 is 1.34 bits per heavy atom. The lowest BCUT2D eigenvalue weighted by molar-refractivity contribution is 0.0814. The molecular weight excluding hydrogens is 375 g/mol. The van der Waals surface area contributed by atoms with Crippen molar-refractivity contribution in [2.24, 2.45) is 0 Å². The van der Waals surface area contributed by atoms with Gasteiger partial charge in [0.15, 0.2) is 6.17 Å². The second kappa shape index (κ2) is 7.26.